The van der Waals surface area contributed by atoms with Crippen LogP contribution in [0, 0.1) is 23.7 Å². The molecule has 0 unspecified atom stereocenters. The molecular formula is C28H35NO5S. The number of carbonyl (C=O) groups is 3. The van der Waals surface area contributed by atoms with E-state index in [9.17, 15) is 14.4 Å². The van der Waals surface area contributed by atoms with E-state index < -0.39 is 17.1 Å². The standard InChI is InChI=1S/C28H35NO5S/c1-4-33-23-6-5-22(28-12-18-7-19(13-28)9-20(8-18)14-28)10-21(23)11-24-26(31)29(27(32)35-24)15-25(30)34-16-17(2)3/h5-6,10-11,17-20H,4,7-9,12-16H2,1-3H3/b24-11+. The highest BCUT2D eigenvalue weighted by molar-refractivity contribution is 8.18. The monoisotopic (exact) mass is 497 g/mol. The number of thioether (sulfide) groups is 1. The topological polar surface area (TPSA) is 72.9 Å². The van der Waals surface area contributed by atoms with Gasteiger partial charge in [-0.3, -0.25) is 19.3 Å². The molecule has 35 heavy (non-hydrogen) atoms. The summed E-state index contributed by atoms with van der Waals surface area (Å²) >= 11 is 0.870. The number of imide groups is 1. The zero-order chi connectivity index (χ0) is 24.7. The molecule has 1 aromatic rings. The molecule has 4 bridgehead atoms. The number of rotatable bonds is 8. The third kappa shape index (κ3) is 4.89. The van der Waals surface area contributed by atoms with E-state index in [0.29, 0.717) is 17.3 Å². The van der Waals surface area contributed by atoms with Gasteiger partial charge in [-0.25, -0.2) is 0 Å². The number of amides is 2. The molecule has 1 aromatic carbocycles. The predicted molar refractivity (Wildman–Crippen MR) is 136 cm³/mol. The van der Waals surface area contributed by atoms with Crippen molar-refractivity contribution in [2.45, 2.75) is 64.7 Å². The average Bonchev–Trinajstić information content (AvgIpc) is 3.05. The molecule has 0 atom stereocenters. The number of hydrogen-bond acceptors (Lipinski definition) is 6. The van der Waals surface area contributed by atoms with E-state index >= 15 is 0 Å². The summed E-state index contributed by atoms with van der Waals surface area (Å²) in [5.74, 6) is 2.39. The Kier molecular flexibility index (Phi) is 6.73. The Morgan fingerprint density at radius 1 is 1.14 bits per heavy atom. The lowest BCUT2D eigenvalue weighted by atomic mass is 9.48. The molecule has 4 aliphatic carbocycles. The molecule has 5 aliphatic rings. The summed E-state index contributed by atoms with van der Waals surface area (Å²) in [7, 11) is 0. The van der Waals surface area contributed by atoms with Crippen LogP contribution >= 0.6 is 11.8 Å². The van der Waals surface area contributed by atoms with E-state index in [0.717, 1.165) is 40.0 Å². The molecule has 1 aliphatic heterocycles. The van der Waals surface area contributed by atoms with Crippen molar-refractivity contribution in [1.29, 1.82) is 0 Å². The van der Waals surface area contributed by atoms with Gasteiger partial charge in [0.25, 0.3) is 11.1 Å². The maximum Gasteiger partial charge on any atom is 0.326 e. The number of esters is 1. The molecule has 6 nitrogen and oxygen atoms in total. The number of carbonyl (C=O) groups excluding carboxylic acids is 3. The Bertz CT molecular complexity index is 1030. The average molecular weight is 498 g/mol. The van der Waals surface area contributed by atoms with Crippen LogP contribution in [0.2, 0.25) is 0 Å². The van der Waals surface area contributed by atoms with Gasteiger partial charge in [0.2, 0.25) is 0 Å². The van der Waals surface area contributed by atoms with Crippen LogP contribution in [0.25, 0.3) is 6.08 Å². The fourth-order valence-electron chi connectivity index (χ4n) is 6.95. The number of ether oxygens (including phenoxy) is 2. The molecular weight excluding hydrogens is 462 g/mol. The summed E-state index contributed by atoms with van der Waals surface area (Å²) in [6.07, 6.45) is 9.67. The number of hydrogen-bond donors (Lipinski definition) is 0. The maximum absolute atomic E-state index is 13.0. The Morgan fingerprint density at radius 3 is 2.40 bits per heavy atom. The molecule has 0 aromatic heterocycles. The molecule has 2 amide bonds. The first-order valence-electron chi connectivity index (χ1n) is 12.9. The van der Waals surface area contributed by atoms with Crippen molar-refractivity contribution in [3.63, 3.8) is 0 Å². The molecule has 1 heterocycles. The normalized spacial score (nSPS) is 30.6. The largest absolute Gasteiger partial charge is 0.493 e. The van der Waals surface area contributed by atoms with E-state index in [2.05, 4.69) is 12.1 Å². The third-order valence-corrected chi connectivity index (χ3v) is 8.89. The van der Waals surface area contributed by atoms with Gasteiger partial charge in [0.15, 0.2) is 0 Å². The van der Waals surface area contributed by atoms with Gasteiger partial charge in [0.05, 0.1) is 18.1 Å². The van der Waals surface area contributed by atoms with Crippen molar-refractivity contribution in [2.24, 2.45) is 23.7 Å². The quantitative estimate of drug-likeness (QED) is 0.334. The van der Waals surface area contributed by atoms with Gasteiger partial charge in [0.1, 0.15) is 12.3 Å². The molecule has 4 saturated carbocycles. The summed E-state index contributed by atoms with van der Waals surface area (Å²) in [6, 6.07) is 6.42. The van der Waals surface area contributed by atoms with Gasteiger partial charge in [-0.05, 0) is 110 Å². The summed E-state index contributed by atoms with van der Waals surface area (Å²) in [5, 5.41) is -0.446. The summed E-state index contributed by atoms with van der Waals surface area (Å²) in [4.78, 5) is 39.0. The van der Waals surface area contributed by atoms with Gasteiger partial charge in [0, 0.05) is 5.56 Å². The minimum atomic E-state index is -0.568. The van der Waals surface area contributed by atoms with Crippen LogP contribution in [0.3, 0.4) is 0 Å². The van der Waals surface area contributed by atoms with Gasteiger partial charge in [-0.2, -0.15) is 0 Å². The molecule has 1 saturated heterocycles. The maximum atomic E-state index is 13.0. The van der Waals surface area contributed by atoms with Crippen molar-refractivity contribution >= 4 is 35.0 Å². The summed E-state index contributed by atoms with van der Waals surface area (Å²) < 4.78 is 11.1. The SMILES string of the molecule is CCOc1ccc(C23CC4CC(CC(C4)C2)C3)cc1/C=C1/SC(=O)N(CC(=O)OCC(C)C)C1=O. The van der Waals surface area contributed by atoms with Gasteiger partial charge in [-0.1, -0.05) is 19.9 Å². The van der Waals surface area contributed by atoms with Gasteiger partial charge < -0.3 is 9.47 Å². The summed E-state index contributed by atoms with van der Waals surface area (Å²) in [5.41, 5.74) is 2.39. The van der Waals surface area contributed by atoms with E-state index in [1.807, 2.05) is 26.8 Å². The molecule has 5 fully saturated rings. The molecule has 0 N–H and O–H groups in total. The third-order valence-electron chi connectivity index (χ3n) is 7.99. The highest BCUT2D eigenvalue weighted by Crippen LogP contribution is 2.61. The van der Waals surface area contributed by atoms with Crippen molar-refractivity contribution in [2.75, 3.05) is 19.8 Å². The minimum absolute atomic E-state index is 0.187. The molecule has 7 heteroatoms. The van der Waals surface area contributed by atoms with Crippen molar-refractivity contribution in [1.82, 2.24) is 4.90 Å². The van der Waals surface area contributed by atoms with Crippen LogP contribution in [0.4, 0.5) is 4.79 Å². The fourth-order valence-corrected chi connectivity index (χ4v) is 7.78. The van der Waals surface area contributed by atoms with Crippen LogP contribution in [0.1, 0.15) is 70.4 Å². The zero-order valence-corrected chi connectivity index (χ0v) is 21.7. The Labute approximate surface area is 211 Å². The van der Waals surface area contributed by atoms with Crippen molar-refractivity contribution in [3.8, 4) is 5.75 Å². The highest BCUT2D eigenvalue weighted by Gasteiger charge is 2.51. The smallest absolute Gasteiger partial charge is 0.326 e. The Balaban J connectivity index is 1.40. The second-order valence-corrected chi connectivity index (χ2v) is 12.2. The fraction of sp³-hybridized carbons (Fsp3) is 0.607. The first kappa shape index (κ1) is 24.4. The lowest BCUT2D eigenvalue weighted by molar-refractivity contribution is -0.147. The van der Waals surface area contributed by atoms with Crippen molar-refractivity contribution in [3.05, 3.63) is 34.2 Å². The van der Waals surface area contributed by atoms with E-state index in [4.69, 9.17) is 9.47 Å². The van der Waals surface area contributed by atoms with E-state index in [-0.39, 0.29) is 24.5 Å². The predicted octanol–water partition coefficient (Wildman–Crippen LogP) is 5.79. The number of nitrogens with zero attached hydrogens (tertiary/aromatic N) is 1. The summed E-state index contributed by atoms with van der Waals surface area (Å²) in [6.45, 7) is 6.22. The number of benzene rings is 1. The minimum Gasteiger partial charge on any atom is -0.493 e. The first-order chi connectivity index (χ1) is 16.8. The van der Waals surface area contributed by atoms with Gasteiger partial charge in [-0.15, -0.1) is 0 Å². The van der Waals surface area contributed by atoms with E-state index in [1.165, 1.54) is 44.1 Å². The lowest BCUT2D eigenvalue weighted by Crippen LogP contribution is -2.48. The molecule has 188 valence electrons. The molecule has 6 rings (SSSR count). The van der Waals surface area contributed by atoms with Crippen LogP contribution in [0.5, 0.6) is 5.75 Å². The van der Waals surface area contributed by atoms with E-state index in [1.54, 1.807) is 6.08 Å². The van der Waals surface area contributed by atoms with Crippen LogP contribution in [-0.2, 0) is 19.7 Å². The zero-order valence-electron chi connectivity index (χ0n) is 20.9. The second-order valence-electron chi connectivity index (χ2n) is 11.2. The van der Waals surface area contributed by atoms with Crippen LogP contribution in [0.15, 0.2) is 23.1 Å². The highest BCUT2D eigenvalue weighted by atomic mass is 32.2. The Morgan fingerprint density at radius 2 is 1.80 bits per heavy atom. The molecule has 0 radical (unpaired) electrons. The van der Waals surface area contributed by atoms with Crippen LogP contribution in [-0.4, -0.2) is 41.8 Å². The Hall–Kier alpha value is -2.28. The molecule has 0 spiro atoms. The second kappa shape index (κ2) is 9.64. The first-order valence-corrected chi connectivity index (χ1v) is 13.8. The van der Waals surface area contributed by atoms with Gasteiger partial charge >= 0.3 is 5.97 Å². The van der Waals surface area contributed by atoms with Crippen molar-refractivity contribution < 1.29 is 23.9 Å². The van der Waals surface area contributed by atoms with Crippen LogP contribution < -0.4 is 4.74 Å². The lowest BCUT2D eigenvalue weighted by Gasteiger charge is -2.57.